The molecule has 2 saturated heterocycles. The molecule has 6 heteroatoms. The van der Waals surface area contributed by atoms with Crippen LogP contribution in [0.4, 0.5) is 8.78 Å². The van der Waals surface area contributed by atoms with Gasteiger partial charge in [-0.15, -0.1) is 11.6 Å². The van der Waals surface area contributed by atoms with Gasteiger partial charge in [0.25, 0.3) is 0 Å². The molecule has 3 heterocycles. The number of alkyl halides is 1. The molecular formula is C14H13ClF2N2O. The Kier molecular flexibility index (Phi) is 2.76. The molecule has 0 amide bonds. The van der Waals surface area contributed by atoms with Crippen LogP contribution in [0, 0.1) is 11.6 Å². The summed E-state index contributed by atoms with van der Waals surface area (Å²) in [6.45, 7) is 0. The van der Waals surface area contributed by atoms with Crippen molar-refractivity contribution in [3.05, 3.63) is 29.6 Å². The topological polar surface area (TPSA) is 27.1 Å². The van der Waals surface area contributed by atoms with E-state index in [-0.39, 0.29) is 29.6 Å². The Morgan fingerprint density at radius 3 is 2.85 bits per heavy atom. The zero-order valence-corrected chi connectivity index (χ0v) is 11.4. The minimum absolute atomic E-state index is 0.0775. The lowest BCUT2D eigenvalue weighted by Crippen LogP contribution is -2.22. The molecule has 20 heavy (non-hydrogen) atoms. The van der Waals surface area contributed by atoms with E-state index in [1.54, 1.807) is 0 Å². The number of hydrogen-bond acceptors (Lipinski definition) is 2. The van der Waals surface area contributed by atoms with Crippen LogP contribution < -0.4 is 0 Å². The van der Waals surface area contributed by atoms with Crippen molar-refractivity contribution in [2.24, 2.45) is 0 Å². The van der Waals surface area contributed by atoms with Crippen LogP contribution in [0.1, 0.15) is 31.1 Å². The second-order valence-electron chi connectivity index (χ2n) is 5.46. The van der Waals surface area contributed by atoms with Crippen LogP contribution in [0.5, 0.6) is 0 Å². The quantitative estimate of drug-likeness (QED) is 0.793. The third-order valence-corrected chi connectivity index (χ3v) is 4.55. The lowest BCUT2D eigenvalue weighted by atomic mass is 9.95. The van der Waals surface area contributed by atoms with Gasteiger partial charge >= 0.3 is 0 Å². The summed E-state index contributed by atoms with van der Waals surface area (Å²) in [5, 5.41) is 0. The first-order chi connectivity index (χ1) is 9.67. The lowest BCUT2D eigenvalue weighted by molar-refractivity contribution is 0.0940. The molecule has 0 aliphatic carbocycles. The van der Waals surface area contributed by atoms with E-state index in [9.17, 15) is 8.78 Å². The number of benzene rings is 1. The first kappa shape index (κ1) is 12.5. The van der Waals surface area contributed by atoms with Crippen LogP contribution >= 0.6 is 11.6 Å². The summed E-state index contributed by atoms with van der Waals surface area (Å²) in [5.74, 6) is -0.494. The van der Waals surface area contributed by atoms with E-state index in [1.807, 2.05) is 4.57 Å². The van der Waals surface area contributed by atoms with Crippen LogP contribution in [-0.4, -0.2) is 21.8 Å². The van der Waals surface area contributed by atoms with E-state index in [1.165, 1.54) is 6.07 Å². The summed E-state index contributed by atoms with van der Waals surface area (Å²) in [6.07, 6.45) is 3.26. The van der Waals surface area contributed by atoms with Crippen LogP contribution in [0.15, 0.2) is 12.1 Å². The highest BCUT2D eigenvalue weighted by Crippen LogP contribution is 2.43. The Bertz CT molecular complexity index is 687. The van der Waals surface area contributed by atoms with Crippen molar-refractivity contribution in [3.8, 4) is 0 Å². The molecule has 3 nitrogen and oxygen atoms in total. The summed E-state index contributed by atoms with van der Waals surface area (Å²) >= 11 is 5.94. The fraction of sp³-hybridized carbons (Fsp3) is 0.500. The Morgan fingerprint density at radius 2 is 2.20 bits per heavy atom. The SMILES string of the molecule is Fc1cc(F)c2nc(CCl)n(C3CC4CCC3O4)c2c1. The van der Waals surface area contributed by atoms with Gasteiger partial charge in [-0.2, -0.15) is 0 Å². The van der Waals surface area contributed by atoms with Gasteiger partial charge in [-0.3, -0.25) is 0 Å². The third kappa shape index (κ3) is 1.69. The van der Waals surface area contributed by atoms with Gasteiger partial charge < -0.3 is 9.30 Å². The number of rotatable bonds is 2. The zero-order valence-electron chi connectivity index (χ0n) is 10.7. The van der Waals surface area contributed by atoms with Gasteiger partial charge in [0, 0.05) is 6.07 Å². The number of halogens is 3. The Balaban J connectivity index is 1.93. The average Bonchev–Trinajstić information content (AvgIpc) is 3.09. The molecule has 2 aliphatic heterocycles. The van der Waals surface area contributed by atoms with Crippen molar-refractivity contribution >= 4 is 22.6 Å². The molecule has 3 atom stereocenters. The van der Waals surface area contributed by atoms with E-state index >= 15 is 0 Å². The summed E-state index contributed by atoms with van der Waals surface area (Å²) in [4.78, 5) is 4.23. The van der Waals surface area contributed by atoms with Crippen LogP contribution in [0.2, 0.25) is 0 Å². The fourth-order valence-electron chi connectivity index (χ4n) is 3.52. The first-order valence-corrected chi connectivity index (χ1v) is 7.28. The fourth-order valence-corrected chi connectivity index (χ4v) is 3.70. The second kappa shape index (κ2) is 4.40. The van der Waals surface area contributed by atoms with Crippen molar-refractivity contribution < 1.29 is 13.5 Å². The minimum atomic E-state index is -0.644. The van der Waals surface area contributed by atoms with E-state index in [2.05, 4.69) is 4.98 Å². The second-order valence-corrected chi connectivity index (χ2v) is 5.73. The number of nitrogens with zero attached hydrogens (tertiary/aromatic N) is 2. The Morgan fingerprint density at radius 1 is 1.35 bits per heavy atom. The molecular weight excluding hydrogens is 286 g/mol. The molecule has 1 aromatic carbocycles. The Hall–Kier alpha value is -1.20. The molecule has 106 valence electrons. The first-order valence-electron chi connectivity index (χ1n) is 6.74. The molecule has 4 rings (SSSR count). The molecule has 0 radical (unpaired) electrons. The van der Waals surface area contributed by atoms with E-state index in [0.717, 1.165) is 25.3 Å². The van der Waals surface area contributed by atoms with Crippen LogP contribution in [-0.2, 0) is 10.6 Å². The zero-order chi connectivity index (χ0) is 13.9. The predicted octanol–water partition coefficient (Wildman–Crippen LogP) is 3.55. The summed E-state index contributed by atoms with van der Waals surface area (Å²) in [6, 6.07) is 2.26. The van der Waals surface area contributed by atoms with Gasteiger partial charge in [-0.1, -0.05) is 0 Å². The summed E-state index contributed by atoms with van der Waals surface area (Å²) < 4.78 is 35.1. The largest absolute Gasteiger partial charge is 0.373 e. The molecule has 0 spiro atoms. The lowest BCUT2D eigenvalue weighted by Gasteiger charge is -2.22. The van der Waals surface area contributed by atoms with Crippen molar-refractivity contribution in [2.75, 3.05) is 0 Å². The van der Waals surface area contributed by atoms with Gasteiger partial charge in [0.15, 0.2) is 5.82 Å². The maximum Gasteiger partial charge on any atom is 0.153 e. The van der Waals surface area contributed by atoms with Gasteiger partial charge in [0.1, 0.15) is 17.2 Å². The monoisotopic (exact) mass is 298 g/mol. The molecule has 3 unspecified atom stereocenters. The average molecular weight is 299 g/mol. The number of ether oxygens (including phenoxy) is 1. The highest BCUT2D eigenvalue weighted by Gasteiger charge is 2.43. The van der Waals surface area contributed by atoms with E-state index < -0.39 is 11.6 Å². The van der Waals surface area contributed by atoms with E-state index in [0.29, 0.717) is 11.3 Å². The summed E-state index contributed by atoms with van der Waals surface area (Å²) in [7, 11) is 0. The molecule has 1 aromatic heterocycles. The summed E-state index contributed by atoms with van der Waals surface area (Å²) in [5.41, 5.74) is 0.657. The number of hydrogen-bond donors (Lipinski definition) is 0. The van der Waals surface area contributed by atoms with E-state index in [4.69, 9.17) is 16.3 Å². The standard InChI is InChI=1S/C14H13ClF2N2O/c15-6-13-18-14-9(17)3-7(16)4-11(14)19(13)10-5-8-1-2-12(10)20-8/h3-4,8,10,12H,1-2,5-6H2. The maximum atomic E-state index is 13.9. The van der Waals surface area contributed by atoms with Gasteiger partial charge in [0.05, 0.1) is 29.6 Å². The smallest absolute Gasteiger partial charge is 0.153 e. The Labute approximate surface area is 119 Å². The molecule has 0 saturated carbocycles. The minimum Gasteiger partial charge on any atom is -0.373 e. The van der Waals surface area contributed by atoms with Crippen molar-refractivity contribution in [1.29, 1.82) is 0 Å². The number of aromatic nitrogens is 2. The van der Waals surface area contributed by atoms with Gasteiger partial charge in [-0.05, 0) is 25.3 Å². The normalized spacial score (nSPS) is 28.6. The third-order valence-electron chi connectivity index (χ3n) is 4.31. The molecule has 2 fully saturated rings. The van der Waals surface area contributed by atoms with Crippen molar-refractivity contribution in [3.63, 3.8) is 0 Å². The maximum absolute atomic E-state index is 13.9. The highest BCUT2D eigenvalue weighted by molar-refractivity contribution is 6.16. The predicted molar refractivity (Wildman–Crippen MR) is 70.8 cm³/mol. The van der Waals surface area contributed by atoms with Crippen LogP contribution in [0.3, 0.4) is 0 Å². The van der Waals surface area contributed by atoms with Crippen molar-refractivity contribution in [1.82, 2.24) is 9.55 Å². The van der Waals surface area contributed by atoms with Crippen molar-refractivity contribution in [2.45, 2.75) is 43.4 Å². The molecule has 2 aromatic rings. The van der Waals surface area contributed by atoms with Crippen LogP contribution in [0.25, 0.3) is 11.0 Å². The highest BCUT2D eigenvalue weighted by atomic mass is 35.5. The number of imidazole rings is 1. The molecule has 2 aliphatic rings. The van der Waals surface area contributed by atoms with Gasteiger partial charge in [0.2, 0.25) is 0 Å². The molecule has 2 bridgehead atoms. The number of fused-ring (bicyclic) bond motifs is 3. The molecule has 0 N–H and O–H groups in total. The van der Waals surface area contributed by atoms with Gasteiger partial charge in [-0.25, -0.2) is 13.8 Å².